The Labute approximate surface area is 65.0 Å². The number of carboxylic acid groups (broad SMARTS) is 1. The first-order valence-electron chi connectivity index (χ1n) is 3.16. The zero-order valence-electron chi connectivity index (χ0n) is 6.50. The van der Waals surface area contributed by atoms with Crippen LogP contribution >= 0.6 is 0 Å². The number of carboxylic acids is 1. The van der Waals surface area contributed by atoms with Crippen molar-refractivity contribution in [3.63, 3.8) is 0 Å². The molecule has 0 aromatic carbocycles. The second kappa shape index (κ2) is 4.44. The van der Waals surface area contributed by atoms with Crippen molar-refractivity contribution in [3.05, 3.63) is 23.8 Å². The average molecular weight is 154 g/mol. The fourth-order valence-electron chi connectivity index (χ4n) is 0.488. The summed E-state index contributed by atoms with van der Waals surface area (Å²) in [6.07, 6.45) is 3.96. The van der Waals surface area contributed by atoms with Gasteiger partial charge in [-0.3, -0.25) is 4.79 Å². The highest BCUT2D eigenvalue weighted by Crippen LogP contribution is 1.92. The minimum Gasteiger partial charge on any atom is -0.478 e. The molecule has 0 aliphatic heterocycles. The molecule has 3 heteroatoms. The Balaban J connectivity index is 4.31. The highest BCUT2D eigenvalue weighted by Gasteiger charge is 2.00. The van der Waals surface area contributed by atoms with Crippen LogP contribution in [0.3, 0.4) is 0 Å². The maximum absolute atomic E-state index is 10.7. The molecule has 0 aliphatic rings. The number of ketones is 1. The van der Waals surface area contributed by atoms with Crippen LogP contribution in [0, 0.1) is 0 Å². The second-order valence-corrected chi connectivity index (χ2v) is 2.03. The summed E-state index contributed by atoms with van der Waals surface area (Å²) >= 11 is 0. The molecule has 0 aliphatic carbocycles. The van der Waals surface area contributed by atoms with Crippen LogP contribution in [-0.2, 0) is 9.59 Å². The van der Waals surface area contributed by atoms with Crippen molar-refractivity contribution in [2.75, 3.05) is 0 Å². The smallest absolute Gasteiger partial charge is 0.331 e. The summed E-state index contributed by atoms with van der Waals surface area (Å²) in [5.41, 5.74) is 0.0492. The zero-order chi connectivity index (χ0) is 8.85. The van der Waals surface area contributed by atoms with Gasteiger partial charge < -0.3 is 5.11 Å². The lowest BCUT2D eigenvalue weighted by molar-refractivity contribution is -0.132. The molecular formula is C8H10O3. The molecule has 0 unspecified atom stereocenters. The molecule has 0 fully saturated rings. The number of allylic oxidation sites excluding steroid dienone is 3. The molecule has 3 nitrogen and oxygen atoms in total. The maximum atomic E-state index is 10.7. The van der Waals surface area contributed by atoms with Crippen molar-refractivity contribution in [2.45, 2.75) is 13.8 Å². The van der Waals surface area contributed by atoms with Gasteiger partial charge in [-0.05, 0) is 26.0 Å². The van der Waals surface area contributed by atoms with Crippen molar-refractivity contribution in [2.24, 2.45) is 0 Å². The molecule has 60 valence electrons. The third-order valence-electron chi connectivity index (χ3n) is 1.03. The minimum absolute atomic E-state index is 0.0492. The van der Waals surface area contributed by atoms with Crippen LogP contribution in [0.5, 0.6) is 0 Å². The van der Waals surface area contributed by atoms with Crippen molar-refractivity contribution < 1.29 is 14.7 Å². The monoisotopic (exact) mass is 154 g/mol. The molecule has 0 rings (SSSR count). The van der Waals surface area contributed by atoms with Gasteiger partial charge in [0.15, 0.2) is 5.78 Å². The van der Waals surface area contributed by atoms with Crippen LogP contribution in [0.2, 0.25) is 0 Å². The highest BCUT2D eigenvalue weighted by atomic mass is 16.4. The first-order valence-corrected chi connectivity index (χ1v) is 3.16. The number of rotatable bonds is 3. The molecule has 0 amide bonds. The topological polar surface area (TPSA) is 54.4 Å². The van der Waals surface area contributed by atoms with Crippen molar-refractivity contribution in [3.8, 4) is 0 Å². The maximum Gasteiger partial charge on any atom is 0.331 e. The summed E-state index contributed by atoms with van der Waals surface area (Å²) in [7, 11) is 0. The van der Waals surface area contributed by atoms with E-state index >= 15 is 0 Å². The first-order chi connectivity index (χ1) is 5.07. The number of aliphatic carboxylic acids is 1. The van der Waals surface area contributed by atoms with Gasteiger partial charge in [-0.2, -0.15) is 0 Å². The number of hydrogen-bond donors (Lipinski definition) is 1. The molecule has 0 saturated carbocycles. The zero-order valence-corrected chi connectivity index (χ0v) is 6.50. The van der Waals surface area contributed by atoms with Crippen LogP contribution < -0.4 is 0 Å². The Bertz CT molecular complexity index is 223. The average Bonchev–Trinajstić information content (AvgIpc) is 1.87. The molecule has 0 aromatic rings. The fourth-order valence-corrected chi connectivity index (χ4v) is 0.488. The third-order valence-corrected chi connectivity index (χ3v) is 1.03. The molecule has 0 bridgehead atoms. The van der Waals surface area contributed by atoms with Crippen molar-refractivity contribution in [1.29, 1.82) is 0 Å². The standard InChI is InChI=1S/C8H10O3/c1-3-4-7(9)5-6(2)8(10)11/h3-5H,1-2H3,(H,10,11)/b4-3+,6-5?. The molecule has 0 radical (unpaired) electrons. The number of carbonyl (C=O) groups is 2. The SMILES string of the molecule is C/C=C/C(=O)C=C(C)C(=O)O. The number of carbonyl (C=O) groups excluding carboxylic acids is 1. The van der Waals surface area contributed by atoms with Crippen LogP contribution in [-0.4, -0.2) is 16.9 Å². The van der Waals surface area contributed by atoms with E-state index in [-0.39, 0.29) is 11.4 Å². The van der Waals surface area contributed by atoms with E-state index in [2.05, 4.69) is 0 Å². The summed E-state index contributed by atoms with van der Waals surface area (Å²) < 4.78 is 0. The highest BCUT2D eigenvalue weighted by molar-refractivity contribution is 6.04. The van der Waals surface area contributed by atoms with E-state index in [0.717, 1.165) is 6.08 Å². The van der Waals surface area contributed by atoms with E-state index < -0.39 is 5.97 Å². The lowest BCUT2D eigenvalue weighted by atomic mass is 10.2. The molecular weight excluding hydrogens is 144 g/mol. The normalized spacial score (nSPS) is 12.0. The molecule has 1 N–H and O–H groups in total. The van der Waals surface area contributed by atoms with Crippen LogP contribution in [0.1, 0.15) is 13.8 Å². The van der Waals surface area contributed by atoms with E-state index in [9.17, 15) is 9.59 Å². The lowest BCUT2D eigenvalue weighted by Crippen LogP contribution is -1.99. The summed E-state index contributed by atoms with van der Waals surface area (Å²) in [5.74, 6) is -1.37. The predicted octanol–water partition coefficient (Wildman–Crippen LogP) is 1.16. The minimum atomic E-state index is -1.07. The Hall–Kier alpha value is -1.38. The van der Waals surface area contributed by atoms with Crippen molar-refractivity contribution >= 4 is 11.8 Å². The molecule has 0 aromatic heterocycles. The third kappa shape index (κ3) is 4.08. The molecule has 11 heavy (non-hydrogen) atoms. The Kier molecular flexibility index (Phi) is 3.88. The van der Waals surface area contributed by atoms with E-state index in [1.807, 2.05) is 0 Å². The summed E-state index contributed by atoms with van der Waals surface area (Å²) in [5, 5.41) is 8.35. The largest absolute Gasteiger partial charge is 0.478 e. The molecule has 0 heterocycles. The Morgan fingerprint density at radius 1 is 1.36 bits per heavy atom. The fraction of sp³-hybridized carbons (Fsp3) is 0.250. The van der Waals surface area contributed by atoms with Gasteiger partial charge in [0, 0.05) is 5.57 Å². The molecule has 0 atom stereocenters. The van der Waals surface area contributed by atoms with E-state index in [4.69, 9.17) is 5.11 Å². The van der Waals surface area contributed by atoms with Gasteiger partial charge in [0.25, 0.3) is 0 Å². The van der Waals surface area contributed by atoms with E-state index in [1.165, 1.54) is 13.0 Å². The van der Waals surface area contributed by atoms with E-state index in [0.29, 0.717) is 0 Å². The lowest BCUT2D eigenvalue weighted by Gasteiger charge is -1.88. The van der Waals surface area contributed by atoms with Crippen LogP contribution in [0.4, 0.5) is 0 Å². The Morgan fingerprint density at radius 2 is 1.91 bits per heavy atom. The van der Waals surface area contributed by atoms with Gasteiger partial charge in [-0.1, -0.05) is 6.08 Å². The van der Waals surface area contributed by atoms with Gasteiger partial charge in [-0.25, -0.2) is 4.79 Å². The van der Waals surface area contributed by atoms with Crippen molar-refractivity contribution in [1.82, 2.24) is 0 Å². The van der Waals surface area contributed by atoms with Crippen LogP contribution in [0.25, 0.3) is 0 Å². The van der Waals surface area contributed by atoms with Gasteiger partial charge >= 0.3 is 5.97 Å². The van der Waals surface area contributed by atoms with E-state index in [1.54, 1.807) is 13.0 Å². The first kappa shape index (κ1) is 9.62. The van der Waals surface area contributed by atoms with Crippen LogP contribution in [0.15, 0.2) is 23.8 Å². The van der Waals surface area contributed by atoms with Gasteiger partial charge in [-0.15, -0.1) is 0 Å². The van der Waals surface area contributed by atoms with Gasteiger partial charge in [0.2, 0.25) is 0 Å². The summed E-state index contributed by atoms with van der Waals surface area (Å²) in [6.45, 7) is 3.07. The Morgan fingerprint density at radius 3 is 2.27 bits per heavy atom. The second-order valence-electron chi connectivity index (χ2n) is 2.03. The summed E-state index contributed by atoms with van der Waals surface area (Å²) in [4.78, 5) is 20.9. The van der Waals surface area contributed by atoms with Gasteiger partial charge in [0.05, 0.1) is 0 Å². The quantitative estimate of drug-likeness (QED) is 0.620. The predicted molar refractivity (Wildman–Crippen MR) is 41.2 cm³/mol. The molecule has 0 saturated heterocycles. The number of hydrogen-bond acceptors (Lipinski definition) is 2. The summed E-state index contributed by atoms with van der Waals surface area (Å²) in [6, 6.07) is 0. The molecule has 0 spiro atoms. The van der Waals surface area contributed by atoms with Gasteiger partial charge in [0.1, 0.15) is 0 Å².